The van der Waals surface area contributed by atoms with Crippen LogP contribution in [0.1, 0.15) is 44.1 Å². The van der Waals surface area contributed by atoms with E-state index in [2.05, 4.69) is 0 Å². The minimum absolute atomic E-state index is 0.320. The standard InChI is InChI=1S/C15H18Cl2O/c16-14-7-6-12(10-15(14)17)9-13(18)8-11-4-2-1-3-5-11/h6-7,10-11H,1-5,8-9H2. The highest BCUT2D eigenvalue weighted by Gasteiger charge is 2.17. The van der Waals surface area contributed by atoms with Gasteiger partial charge in [0.15, 0.2) is 0 Å². The van der Waals surface area contributed by atoms with Gasteiger partial charge in [0.05, 0.1) is 10.0 Å². The average molecular weight is 285 g/mol. The molecule has 2 rings (SSSR count). The minimum atomic E-state index is 0.320. The van der Waals surface area contributed by atoms with Crippen LogP contribution in [0.15, 0.2) is 18.2 Å². The summed E-state index contributed by atoms with van der Waals surface area (Å²) in [5.41, 5.74) is 0.963. The molecule has 0 N–H and O–H groups in total. The van der Waals surface area contributed by atoms with Crippen LogP contribution < -0.4 is 0 Å². The van der Waals surface area contributed by atoms with Gasteiger partial charge in [-0.1, -0.05) is 61.4 Å². The highest BCUT2D eigenvalue weighted by molar-refractivity contribution is 6.42. The smallest absolute Gasteiger partial charge is 0.137 e. The zero-order chi connectivity index (χ0) is 13.0. The van der Waals surface area contributed by atoms with Gasteiger partial charge in [0.2, 0.25) is 0 Å². The summed E-state index contributed by atoms with van der Waals surface area (Å²) in [7, 11) is 0. The first-order valence-corrected chi connectivity index (χ1v) is 7.36. The lowest BCUT2D eigenvalue weighted by atomic mass is 9.85. The largest absolute Gasteiger partial charge is 0.299 e. The first-order valence-electron chi connectivity index (χ1n) is 6.61. The van der Waals surface area contributed by atoms with Crippen molar-refractivity contribution in [3.05, 3.63) is 33.8 Å². The van der Waals surface area contributed by atoms with Crippen LogP contribution in [0, 0.1) is 5.92 Å². The summed E-state index contributed by atoms with van der Waals surface area (Å²) in [5, 5.41) is 1.07. The van der Waals surface area contributed by atoms with Crippen LogP contribution in [0.4, 0.5) is 0 Å². The van der Waals surface area contributed by atoms with E-state index in [1.165, 1.54) is 32.1 Å². The zero-order valence-corrected chi connectivity index (χ0v) is 11.9. The van der Waals surface area contributed by atoms with Crippen molar-refractivity contribution in [1.82, 2.24) is 0 Å². The Balaban J connectivity index is 1.88. The van der Waals surface area contributed by atoms with Gasteiger partial charge in [-0.15, -0.1) is 0 Å². The number of benzene rings is 1. The first kappa shape index (κ1) is 13.9. The molecule has 1 saturated carbocycles. The van der Waals surface area contributed by atoms with Crippen molar-refractivity contribution in [1.29, 1.82) is 0 Å². The second kappa shape index (κ2) is 6.58. The molecule has 1 nitrogen and oxygen atoms in total. The van der Waals surface area contributed by atoms with Crippen molar-refractivity contribution in [3.8, 4) is 0 Å². The quantitative estimate of drug-likeness (QED) is 0.754. The summed E-state index contributed by atoms with van der Waals surface area (Å²) < 4.78 is 0. The van der Waals surface area contributed by atoms with Crippen molar-refractivity contribution in [3.63, 3.8) is 0 Å². The number of halogens is 2. The van der Waals surface area contributed by atoms with Gasteiger partial charge in [0, 0.05) is 12.8 Å². The summed E-state index contributed by atoms with van der Waals surface area (Å²) in [5.74, 6) is 0.925. The van der Waals surface area contributed by atoms with Crippen LogP contribution in [-0.2, 0) is 11.2 Å². The van der Waals surface area contributed by atoms with Gasteiger partial charge in [0.25, 0.3) is 0 Å². The Bertz CT molecular complexity index is 423. The van der Waals surface area contributed by atoms with E-state index in [0.29, 0.717) is 28.2 Å². The van der Waals surface area contributed by atoms with Crippen LogP contribution >= 0.6 is 23.2 Å². The van der Waals surface area contributed by atoms with E-state index in [1.54, 1.807) is 12.1 Å². The molecule has 0 aromatic heterocycles. The molecule has 0 unspecified atom stereocenters. The normalized spacial score (nSPS) is 16.8. The molecule has 18 heavy (non-hydrogen) atoms. The molecule has 0 bridgehead atoms. The molecule has 0 heterocycles. The molecular weight excluding hydrogens is 267 g/mol. The van der Waals surface area contributed by atoms with E-state index in [0.717, 1.165) is 12.0 Å². The summed E-state index contributed by atoms with van der Waals surface area (Å²) in [4.78, 5) is 12.0. The highest BCUT2D eigenvalue weighted by Crippen LogP contribution is 2.27. The fourth-order valence-electron chi connectivity index (χ4n) is 2.66. The Morgan fingerprint density at radius 1 is 1.11 bits per heavy atom. The van der Waals surface area contributed by atoms with E-state index >= 15 is 0 Å². The van der Waals surface area contributed by atoms with Crippen molar-refractivity contribution >= 4 is 29.0 Å². The first-order chi connectivity index (χ1) is 8.65. The number of Topliss-reactive ketones (excluding diaryl/α,β-unsaturated/α-hetero) is 1. The Kier molecular flexibility index (Phi) is 5.08. The molecule has 1 aromatic rings. The Hall–Kier alpha value is -0.530. The molecule has 0 saturated heterocycles. The van der Waals surface area contributed by atoms with Crippen molar-refractivity contribution in [2.75, 3.05) is 0 Å². The third-order valence-electron chi connectivity index (χ3n) is 3.63. The summed E-state index contributed by atoms with van der Waals surface area (Å²) in [6.45, 7) is 0. The van der Waals surface area contributed by atoms with Gasteiger partial charge < -0.3 is 0 Å². The van der Waals surface area contributed by atoms with E-state index in [-0.39, 0.29) is 0 Å². The van der Waals surface area contributed by atoms with Crippen molar-refractivity contribution < 1.29 is 4.79 Å². The lowest BCUT2D eigenvalue weighted by molar-refractivity contribution is -0.119. The molecule has 1 fully saturated rings. The SMILES string of the molecule is O=C(Cc1ccc(Cl)c(Cl)c1)CC1CCCCC1. The van der Waals surface area contributed by atoms with Crippen LogP contribution in [0.5, 0.6) is 0 Å². The average Bonchev–Trinajstić information content (AvgIpc) is 2.35. The second-order valence-corrected chi connectivity index (χ2v) is 5.99. The molecule has 0 radical (unpaired) electrons. The van der Waals surface area contributed by atoms with Crippen LogP contribution in [0.25, 0.3) is 0 Å². The Morgan fingerprint density at radius 3 is 2.50 bits per heavy atom. The molecule has 0 atom stereocenters. The number of rotatable bonds is 4. The lowest BCUT2D eigenvalue weighted by Gasteiger charge is -2.20. The number of ketones is 1. The van der Waals surface area contributed by atoms with E-state index < -0.39 is 0 Å². The van der Waals surface area contributed by atoms with Crippen LogP contribution in [-0.4, -0.2) is 5.78 Å². The summed E-state index contributed by atoms with van der Waals surface area (Å²) in [6, 6.07) is 5.43. The summed E-state index contributed by atoms with van der Waals surface area (Å²) >= 11 is 11.8. The maximum atomic E-state index is 12.0. The molecule has 1 aliphatic carbocycles. The third-order valence-corrected chi connectivity index (χ3v) is 4.37. The molecule has 3 heteroatoms. The fraction of sp³-hybridized carbons (Fsp3) is 0.533. The monoisotopic (exact) mass is 284 g/mol. The summed E-state index contributed by atoms with van der Waals surface area (Å²) in [6.07, 6.45) is 7.53. The molecule has 0 amide bonds. The third kappa shape index (κ3) is 4.00. The molecule has 1 aliphatic rings. The van der Waals surface area contributed by atoms with Gasteiger partial charge in [-0.3, -0.25) is 4.79 Å². The topological polar surface area (TPSA) is 17.1 Å². The van der Waals surface area contributed by atoms with Crippen molar-refractivity contribution in [2.45, 2.75) is 44.9 Å². The number of carbonyl (C=O) groups is 1. The maximum absolute atomic E-state index is 12.0. The van der Waals surface area contributed by atoms with Gasteiger partial charge in [-0.25, -0.2) is 0 Å². The van der Waals surface area contributed by atoms with Gasteiger partial charge in [0.1, 0.15) is 5.78 Å². The zero-order valence-electron chi connectivity index (χ0n) is 10.4. The molecule has 0 spiro atoms. The van der Waals surface area contributed by atoms with Gasteiger partial charge >= 0.3 is 0 Å². The van der Waals surface area contributed by atoms with E-state index in [4.69, 9.17) is 23.2 Å². The molecular formula is C15H18Cl2O. The Labute approximate surface area is 118 Å². The van der Waals surface area contributed by atoms with Crippen LogP contribution in [0.3, 0.4) is 0 Å². The van der Waals surface area contributed by atoms with Gasteiger partial charge in [-0.05, 0) is 23.6 Å². The van der Waals surface area contributed by atoms with Crippen molar-refractivity contribution in [2.24, 2.45) is 5.92 Å². The lowest BCUT2D eigenvalue weighted by Crippen LogP contribution is -2.13. The highest BCUT2D eigenvalue weighted by atomic mass is 35.5. The maximum Gasteiger partial charge on any atom is 0.137 e. The molecule has 1 aromatic carbocycles. The van der Waals surface area contributed by atoms with E-state index in [9.17, 15) is 4.79 Å². The number of carbonyl (C=O) groups excluding carboxylic acids is 1. The predicted molar refractivity (Wildman–Crippen MR) is 76.4 cm³/mol. The number of hydrogen-bond acceptors (Lipinski definition) is 1. The molecule has 0 aliphatic heterocycles. The second-order valence-electron chi connectivity index (χ2n) is 5.17. The van der Waals surface area contributed by atoms with E-state index in [1.807, 2.05) is 6.07 Å². The van der Waals surface area contributed by atoms with Gasteiger partial charge in [-0.2, -0.15) is 0 Å². The van der Waals surface area contributed by atoms with Crippen LogP contribution in [0.2, 0.25) is 10.0 Å². The number of hydrogen-bond donors (Lipinski definition) is 0. The minimum Gasteiger partial charge on any atom is -0.299 e. The fourth-order valence-corrected chi connectivity index (χ4v) is 2.98. The molecule has 98 valence electrons. The predicted octanol–water partition coefficient (Wildman–Crippen LogP) is 5.08. The Morgan fingerprint density at radius 2 is 1.83 bits per heavy atom.